The highest BCUT2D eigenvalue weighted by Gasteiger charge is 2.47. The number of pyridine rings is 1. The fourth-order valence-corrected chi connectivity index (χ4v) is 1.13. The SMILES string of the molecule is CCOC(=O)C(F)(F)[C@H](N)c1ccncc1.Cl. The zero-order chi connectivity index (χ0) is 12.2. The number of ether oxygens (including phenoxy) is 1. The van der Waals surface area contributed by atoms with E-state index in [-0.39, 0.29) is 24.6 Å². The molecule has 17 heavy (non-hydrogen) atoms. The molecule has 0 unspecified atom stereocenters. The van der Waals surface area contributed by atoms with Crippen LogP contribution in [0.1, 0.15) is 18.5 Å². The Kier molecular flexibility index (Phi) is 5.98. The summed E-state index contributed by atoms with van der Waals surface area (Å²) in [6.45, 7) is 1.34. The van der Waals surface area contributed by atoms with Gasteiger partial charge in [-0.1, -0.05) is 0 Å². The first kappa shape index (κ1) is 15.7. The molecule has 0 saturated heterocycles. The van der Waals surface area contributed by atoms with Crippen LogP contribution in [0.5, 0.6) is 0 Å². The average Bonchev–Trinajstić information content (AvgIpc) is 2.29. The third-order valence-electron chi connectivity index (χ3n) is 2.00. The van der Waals surface area contributed by atoms with Crippen molar-refractivity contribution in [1.82, 2.24) is 4.98 Å². The summed E-state index contributed by atoms with van der Waals surface area (Å²) in [4.78, 5) is 14.7. The highest BCUT2D eigenvalue weighted by atomic mass is 35.5. The van der Waals surface area contributed by atoms with Crippen molar-refractivity contribution in [1.29, 1.82) is 0 Å². The van der Waals surface area contributed by atoms with Gasteiger partial charge in [-0.3, -0.25) is 4.98 Å². The van der Waals surface area contributed by atoms with Crippen LogP contribution in [0.15, 0.2) is 24.5 Å². The van der Waals surface area contributed by atoms with Gasteiger partial charge >= 0.3 is 11.9 Å². The van der Waals surface area contributed by atoms with Crippen molar-refractivity contribution in [2.75, 3.05) is 6.61 Å². The number of rotatable bonds is 4. The van der Waals surface area contributed by atoms with E-state index in [9.17, 15) is 13.6 Å². The molecule has 0 bridgehead atoms. The number of esters is 1. The van der Waals surface area contributed by atoms with Crippen LogP contribution in [0.2, 0.25) is 0 Å². The molecule has 0 aliphatic rings. The van der Waals surface area contributed by atoms with Crippen molar-refractivity contribution in [2.45, 2.75) is 18.9 Å². The quantitative estimate of drug-likeness (QED) is 0.843. The molecule has 0 aromatic carbocycles. The summed E-state index contributed by atoms with van der Waals surface area (Å²) in [5.74, 6) is -5.35. The summed E-state index contributed by atoms with van der Waals surface area (Å²) in [5, 5.41) is 0. The van der Waals surface area contributed by atoms with Crippen LogP contribution < -0.4 is 5.73 Å². The molecule has 7 heteroatoms. The second-order valence-corrected chi connectivity index (χ2v) is 3.10. The van der Waals surface area contributed by atoms with E-state index >= 15 is 0 Å². The highest BCUT2D eigenvalue weighted by Crippen LogP contribution is 2.30. The van der Waals surface area contributed by atoms with E-state index in [1.807, 2.05) is 0 Å². The van der Waals surface area contributed by atoms with Crippen molar-refractivity contribution < 1.29 is 18.3 Å². The Hall–Kier alpha value is -1.27. The molecule has 0 spiro atoms. The first-order valence-electron chi connectivity index (χ1n) is 4.70. The molecular formula is C10H13ClF2N2O2. The van der Waals surface area contributed by atoms with Gasteiger partial charge in [0.25, 0.3) is 0 Å². The standard InChI is InChI=1S/C10H12F2N2O2.ClH/c1-2-16-9(15)10(11,12)8(13)7-3-5-14-6-4-7;/h3-6,8H,2,13H2,1H3;1H/t8-;/m1./s1. The summed E-state index contributed by atoms with van der Waals surface area (Å²) in [6, 6.07) is 0.935. The Morgan fingerprint density at radius 2 is 2.06 bits per heavy atom. The Morgan fingerprint density at radius 3 is 2.53 bits per heavy atom. The molecule has 4 nitrogen and oxygen atoms in total. The number of nitrogens with two attached hydrogens (primary N) is 1. The summed E-state index contributed by atoms with van der Waals surface area (Å²) in [6.07, 6.45) is 2.66. The van der Waals surface area contributed by atoms with Crippen molar-refractivity contribution >= 4 is 18.4 Å². The van der Waals surface area contributed by atoms with Gasteiger partial charge in [0.2, 0.25) is 0 Å². The van der Waals surface area contributed by atoms with Crippen molar-refractivity contribution in [3.8, 4) is 0 Å². The zero-order valence-electron chi connectivity index (χ0n) is 9.10. The molecule has 0 saturated carbocycles. The molecule has 96 valence electrons. The lowest BCUT2D eigenvalue weighted by atomic mass is 10.0. The van der Waals surface area contributed by atoms with E-state index < -0.39 is 17.9 Å². The van der Waals surface area contributed by atoms with Crippen LogP contribution in [0.3, 0.4) is 0 Å². The van der Waals surface area contributed by atoms with Gasteiger partial charge in [-0.15, -0.1) is 12.4 Å². The van der Waals surface area contributed by atoms with E-state index in [4.69, 9.17) is 5.73 Å². The van der Waals surface area contributed by atoms with Gasteiger partial charge in [-0.2, -0.15) is 8.78 Å². The number of carbonyl (C=O) groups excluding carboxylic acids is 1. The minimum absolute atomic E-state index is 0. The predicted octanol–water partition coefficient (Wildman–Crippen LogP) is 1.70. The maximum absolute atomic E-state index is 13.5. The van der Waals surface area contributed by atoms with Crippen molar-refractivity contribution in [2.24, 2.45) is 5.73 Å². The topological polar surface area (TPSA) is 65.2 Å². The molecule has 1 heterocycles. The summed E-state index contributed by atoms with van der Waals surface area (Å²) in [5.41, 5.74) is 5.46. The summed E-state index contributed by atoms with van der Waals surface area (Å²) < 4.78 is 31.2. The number of aromatic nitrogens is 1. The van der Waals surface area contributed by atoms with Gasteiger partial charge in [0, 0.05) is 12.4 Å². The van der Waals surface area contributed by atoms with Gasteiger partial charge < -0.3 is 10.5 Å². The van der Waals surface area contributed by atoms with Crippen molar-refractivity contribution in [3.05, 3.63) is 30.1 Å². The monoisotopic (exact) mass is 266 g/mol. The molecule has 2 N–H and O–H groups in total. The molecule has 0 radical (unpaired) electrons. The number of alkyl halides is 2. The minimum Gasteiger partial charge on any atom is -0.462 e. The summed E-state index contributed by atoms with van der Waals surface area (Å²) in [7, 11) is 0. The molecule has 1 rings (SSSR count). The maximum atomic E-state index is 13.5. The van der Waals surface area contributed by atoms with E-state index in [2.05, 4.69) is 9.72 Å². The fourth-order valence-electron chi connectivity index (χ4n) is 1.13. The van der Waals surface area contributed by atoms with Crippen LogP contribution in [-0.4, -0.2) is 23.5 Å². The van der Waals surface area contributed by atoms with Crippen LogP contribution >= 0.6 is 12.4 Å². The number of hydrogen-bond acceptors (Lipinski definition) is 4. The third-order valence-corrected chi connectivity index (χ3v) is 2.00. The Labute approximate surface area is 104 Å². The Morgan fingerprint density at radius 1 is 1.53 bits per heavy atom. The molecule has 0 fully saturated rings. The van der Waals surface area contributed by atoms with Gasteiger partial charge in [-0.25, -0.2) is 4.79 Å². The van der Waals surface area contributed by atoms with Crippen LogP contribution in [-0.2, 0) is 9.53 Å². The largest absolute Gasteiger partial charge is 0.462 e. The van der Waals surface area contributed by atoms with E-state index in [1.165, 1.54) is 31.5 Å². The van der Waals surface area contributed by atoms with E-state index in [0.29, 0.717) is 0 Å². The van der Waals surface area contributed by atoms with E-state index in [1.54, 1.807) is 0 Å². The van der Waals surface area contributed by atoms with Crippen LogP contribution in [0.25, 0.3) is 0 Å². The van der Waals surface area contributed by atoms with Gasteiger partial charge in [0.15, 0.2) is 0 Å². The summed E-state index contributed by atoms with van der Waals surface area (Å²) >= 11 is 0. The minimum atomic E-state index is -3.74. The molecule has 0 amide bonds. The molecular weight excluding hydrogens is 254 g/mol. The molecule has 1 aromatic heterocycles. The number of nitrogens with zero attached hydrogens (tertiary/aromatic N) is 1. The molecule has 0 aliphatic heterocycles. The second kappa shape index (κ2) is 6.46. The first-order valence-corrected chi connectivity index (χ1v) is 4.70. The lowest BCUT2D eigenvalue weighted by Crippen LogP contribution is -2.41. The van der Waals surface area contributed by atoms with Crippen LogP contribution in [0, 0.1) is 0 Å². The normalized spacial score (nSPS) is 12.5. The number of hydrogen-bond donors (Lipinski definition) is 1. The highest BCUT2D eigenvalue weighted by molar-refractivity contribution is 5.85. The van der Waals surface area contributed by atoms with Gasteiger partial charge in [0.05, 0.1) is 6.61 Å². The van der Waals surface area contributed by atoms with E-state index in [0.717, 1.165) is 0 Å². The van der Waals surface area contributed by atoms with Gasteiger partial charge in [-0.05, 0) is 24.6 Å². The Bertz CT molecular complexity index is 363. The molecule has 1 atom stereocenters. The lowest BCUT2D eigenvalue weighted by Gasteiger charge is -2.21. The predicted molar refractivity (Wildman–Crippen MR) is 60.0 cm³/mol. The lowest BCUT2D eigenvalue weighted by molar-refractivity contribution is -0.174. The van der Waals surface area contributed by atoms with Gasteiger partial charge in [0.1, 0.15) is 6.04 Å². The molecule has 0 aliphatic carbocycles. The fraction of sp³-hybridized carbons (Fsp3) is 0.400. The van der Waals surface area contributed by atoms with Crippen LogP contribution in [0.4, 0.5) is 8.78 Å². The Balaban J connectivity index is 0.00000256. The number of carbonyl (C=O) groups is 1. The second-order valence-electron chi connectivity index (χ2n) is 3.10. The molecule has 1 aromatic rings. The third kappa shape index (κ3) is 3.61. The number of halogens is 3. The smallest absolute Gasteiger partial charge is 0.379 e. The van der Waals surface area contributed by atoms with Crippen molar-refractivity contribution in [3.63, 3.8) is 0 Å². The average molecular weight is 267 g/mol. The zero-order valence-corrected chi connectivity index (χ0v) is 9.92. The maximum Gasteiger partial charge on any atom is 0.379 e. The first-order chi connectivity index (χ1) is 7.50.